The third-order valence-corrected chi connectivity index (χ3v) is 3.02. The van der Waals surface area contributed by atoms with E-state index in [1.807, 2.05) is 18.5 Å². The molecule has 1 N–H and O–H groups in total. The van der Waals surface area contributed by atoms with Crippen molar-refractivity contribution in [2.45, 2.75) is 19.4 Å². The summed E-state index contributed by atoms with van der Waals surface area (Å²) >= 11 is 0. The lowest BCUT2D eigenvalue weighted by Gasteiger charge is -2.18. The number of likely N-dealkylation sites (N-methyl/N-ethyl adjacent to an activating group) is 1. The average Bonchev–Trinajstić information content (AvgIpc) is 2.73. The zero-order valence-electron chi connectivity index (χ0n) is 11.0. The fourth-order valence-electron chi connectivity index (χ4n) is 2.20. The molecule has 1 atom stereocenters. The maximum atomic E-state index is 13.2. The quantitative estimate of drug-likeness (QED) is 0.900. The maximum absolute atomic E-state index is 13.2. The third kappa shape index (κ3) is 3.38. The van der Waals surface area contributed by atoms with Gasteiger partial charge in [0.15, 0.2) is 0 Å². The Kier molecular flexibility index (Phi) is 4.27. The Hall–Kier alpha value is -1.75. The molecule has 102 valence electrons. The molecule has 0 bridgehead atoms. The van der Waals surface area contributed by atoms with Crippen LogP contribution in [0.5, 0.6) is 0 Å². The molecule has 1 unspecified atom stereocenters. The number of rotatable bonds is 5. The van der Waals surface area contributed by atoms with Crippen LogP contribution in [0.2, 0.25) is 0 Å². The number of aromatic nitrogens is 2. The third-order valence-electron chi connectivity index (χ3n) is 3.02. The van der Waals surface area contributed by atoms with Crippen LogP contribution >= 0.6 is 0 Å². The van der Waals surface area contributed by atoms with Gasteiger partial charge in [-0.15, -0.1) is 0 Å². The molecule has 1 heterocycles. The summed E-state index contributed by atoms with van der Waals surface area (Å²) in [4.78, 5) is 4.08. The molecule has 0 amide bonds. The molecule has 0 fully saturated rings. The molecule has 19 heavy (non-hydrogen) atoms. The summed E-state index contributed by atoms with van der Waals surface area (Å²) in [6, 6.07) is 3.60. The molecule has 0 saturated heterocycles. The molecule has 0 aliphatic rings. The van der Waals surface area contributed by atoms with Crippen molar-refractivity contribution in [2.24, 2.45) is 7.05 Å². The van der Waals surface area contributed by atoms with E-state index < -0.39 is 11.6 Å². The molecule has 2 aromatic rings. The van der Waals surface area contributed by atoms with E-state index in [1.165, 1.54) is 12.1 Å². The number of hydrogen-bond acceptors (Lipinski definition) is 2. The second-order valence-electron chi connectivity index (χ2n) is 4.52. The van der Waals surface area contributed by atoms with E-state index in [0.29, 0.717) is 12.0 Å². The van der Waals surface area contributed by atoms with Gasteiger partial charge in [0.25, 0.3) is 0 Å². The van der Waals surface area contributed by atoms with E-state index >= 15 is 0 Å². The molecule has 1 aromatic carbocycles. The van der Waals surface area contributed by atoms with Crippen LogP contribution in [0.1, 0.15) is 24.2 Å². The van der Waals surface area contributed by atoms with Crippen LogP contribution in [0.15, 0.2) is 30.7 Å². The van der Waals surface area contributed by atoms with Gasteiger partial charge in [-0.05, 0) is 30.7 Å². The van der Waals surface area contributed by atoms with Crippen molar-refractivity contribution in [1.29, 1.82) is 0 Å². The van der Waals surface area contributed by atoms with Crippen LogP contribution in [0.25, 0.3) is 0 Å². The lowest BCUT2D eigenvalue weighted by Crippen LogP contribution is -2.24. The summed E-state index contributed by atoms with van der Waals surface area (Å²) in [6.07, 6.45) is 4.00. The monoisotopic (exact) mass is 265 g/mol. The zero-order chi connectivity index (χ0) is 13.8. The van der Waals surface area contributed by atoms with Gasteiger partial charge in [0.05, 0.1) is 18.1 Å². The van der Waals surface area contributed by atoms with Gasteiger partial charge in [0, 0.05) is 19.3 Å². The Morgan fingerprint density at radius 1 is 1.26 bits per heavy atom. The normalized spacial score (nSPS) is 12.6. The number of nitrogens with zero attached hydrogens (tertiary/aromatic N) is 2. The lowest BCUT2D eigenvalue weighted by molar-refractivity contribution is 0.515. The van der Waals surface area contributed by atoms with Gasteiger partial charge in [0.1, 0.15) is 11.6 Å². The summed E-state index contributed by atoms with van der Waals surface area (Å²) in [5.41, 5.74) is 1.62. The van der Waals surface area contributed by atoms with Crippen molar-refractivity contribution in [1.82, 2.24) is 14.9 Å². The molecule has 3 nitrogen and oxygen atoms in total. The molecule has 1 aromatic heterocycles. The minimum atomic E-state index is -0.546. The van der Waals surface area contributed by atoms with Crippen molar-refractivity contribution < 1.29 is 8.78 Å². The average molecular weight is 265 g/mol. The highest BCUT2D eigenvalue weighted by Crippen LogP contribution is 2.19. The Balaban J connectivity index is 2.23. The summed E-state index contributed by atoms with van der Waals surface area (Å²) < 4.78 is 28.3. The van der Waals surface area contributed by atoms with Gasteiger partial charge in [-0.3, -0.25) is 0 Å². The van der Waals surface area contributed by atoms with Crippen molar-refractivity contribution in [3.05, 3.63) is 53.6 Å². The predicted molar refractivity (Wildman–Crippen MR) is 69.7 cm³/mol. The molecule has 0 saturated carbocycles. The second kappa shape index (κ2) is 5.93. The minimum Gasteiger partial charge on any atom is -0.336 e. The van der Waals surface area contributed by atoms with Gasteiger partial charge < -0.3 is 9.88 Å². The standard InChI is InChI=1S/C14H17F2N3/c1-3-18-13(14-8-17-9-19(14)2)6-10-4-11(15)7-12(16)5-10/h4-5,7-9,13,18H,3,6H2,1-2H3. The van der Waals surface area contributed by atoms with Gasteiger partial charge in [-0.2, -0.15) is 0 Å². The smallest absolute Gasteiger partial charge is 0.126 e. The summed E-state index contributed by atoms with van der Waals surface area (Å²) in [5, 5.41) is 3.31. The molecule has 2 rings (SSSR count). The first-order valence-corrected chi connectivity index (χ1v) is 6.24. The molecule has 0 spiro atoms. The van der Waals surface area contributed by atoms with Crippen molar-refractivity contribution in [2.75, 3.05) is 6.54 Å². The Labute approximate surface area is 111 Å². The number of aryl methyl sites for hydroxylation is 1. The molecule has 5 heteroatoms. The molecular formula is C14H17F2N3. The Morgan fingerprint density at radius 2 is 1.95 bits per heavy atom. The van der Waals surface area contributed by atoms with Gasteiger partial charge in [0.2, 0.25) is 0 Å². The van der Waals surface area contributed by atoms with Crippen molar-refractivity contribution in [3.63, 3.8) is 0 Å². The first-order valence-electron chi connectivity index (χ1n) is 6.24. The van der Waals surface area contributed by atoms with Crippen LogP contribution < -0.4 is 5.32 Å². The van der Waals surface area contributed by atoms with E-state index in [9.17, 15) is 8.78 Å². The number of halogens is 2. The van der Waals surface area contributed by atoms with Gasteiger partial charge in [-0.1, -0.05) is 6.92 Å². The Bertz CT molecular complexity index is 531. The van der Waals surface area contributed by atoms with Gasteiger partial charge in [-0.25, -0.2) is 13.8 Å². The fourth-order valence-corrected chi connectivity index (χ4v) is 2.20. The second-order valence-corrected chi connectivity index (χ2v) is 4.52. The highest BCUT2D eigenvalue weighted by atomic mass is 19.1. The number of benzene rings is 1. The predicted octanol–water partition coefficient (Wildman–Crippen LogP) is 2.59. The zero-order valence-corrected chi connectivity index (χ0v) is 11.0. The van der Waals surface area contributed by atoms with Gasteiger partial charge >= 0.3 is 0 Å². The summed E-state index contributed by atoms with van der Waals surface area (Å²) in [5.74, 6) is -1.09. The maximum Gasteiger partial charge on any atom is 0.126 e. The molecular weight excluding hydrogens is 248 g/mol. The lowest BCUT2D eigenvalue weighted by atomic mass is 10.0. The van der Waals surface area contributed by atoms with Crippen LogP contribution in [0.3, 0.4) is 0 Å². The first-order chi connectivity index (χ1) is 9.10. The summed E-state index contributed by atoms with van der Waals surface area (Å²) in [7, 11) is 1.90. The molecule has 0 aliphatic carbocycles. The highest BCUT2D eigenvalue weighted by molar-refractivity contribution is 5.21. The molecule has 0 aliphatic heterocycles. The van der Waals surface area contributed by atoms with Crippen LogP contribution in [0, 0.1) is 11.6 Å². The minimum absolute atomic E-state index is 0.0151. The van der Waals surface area contributed by atoms with Crippen LogP contribution in [0.4, 0.5) is 8.78 Å². The first kappa shape index (κ1) is 13.7. The summed E-state index contributed by atoms with van der Waals surface area (Å²) in [6.45, 7) is 2.77. The Morgan fingerprint density at radius 3 is 2.47 bits per heavy atom. The largest absolute Gasteiger partial charge is 0.336 e. The van der Waals surface area contributed by atoms with E-state index in [-0.39, 0.29) is 6.04 Å². The van der Waals surface area contributed by atoms with Crippen LogP contribution in [-0.4, -0.2) is 16.1 Å². The molecule has 0 radical (unpaired) electrons. The van der Waals surface area contributed by atoms with E-state index in [0.717, 1.165) is 18.3 Å². The number of hydrogen-bond donors (Lipinski definition) is 1. The van der Waals surface area contributed by atoms with Crippen molar-refractivity contribution in [3.8, 4) is 0 Å². The van der Waals surface area contributed by atoms with E-state index in [1.54, 1.807) is 12.5 Å². The number of nitrogens with one attached hydrogen (secondary N) is 1. The topological polar surface area (TPSA) is 29.9 Å². The SMILES string of the molecule is CCNC(Cc1cc(F)cc(F)c1)c1cncn1C. The van der Waals surface area contributed by atoms with E-state index in [4.69, 9.17) is 0 Å². The van der Waals surface area contributed by atoms with Crippen molar-refractivity contribution >= 4 is 0 Å². The number of imidazole rings is 1. The van der Waals surface area contributed by atoms with Crippen LogP contribution in [-0.2, 0) is 13.5 Å². The highest BCUT2D eigenvalue weighted by Gasteiger charge is 2.15. The van der Waals surface area contributed by atoms with E-state index in [2.05, 4.69) is 10.3 Å². The fraction of sp³-hybridized carbons (Fsp3) is 0.357.